The molecule has 6 nitrogen and oxygen atoms in total. The van der Waals surface area contributed by atoms with E-state index in [1.807, 2.05) is 36.4 Å². The zero-order valence-electron chi connectivity index (χ0n) is 16.5. The highest BCUT2D eigenvalue weighted by atomic mass is 16.5. The van der Waals surface area contributed by atoms with E-state index in [0.717, 1.165) is 30.9 Å². The summed E-state index contributed by atoms with van der Waals surface area (Å²) in [7, 11) is 3.19. The minimum absolute atomic E-state index is 0.137. The Morgan fingerprint density at radius 3 is 2.57 bits per heavy atom. The van der Waals surface area contributed by atoms with E-state index in [9.17, 15) is 9.90 Å². The molecule has 0 unspecified atom stereocenters. The van der Waals surface area contributed by atoms with E-state index in [1.165, 1.54) is 0 Å². The predicted molar refractivity (Wildman–Crippen MR) is 108 cm³/mol. The number of amides is 1. The second-order valence-corrected chi connectivity index (χ2v) is 7.06. The molecule has 2 aromatic carbocycles. The second-order valence-electron chi connectivity index (χ2n) is 7.06. The fraction of sp³-hybridized carbons (Fsp3) is 0.409. The molecule has 150 valence electrons. The number of carbonyl (C=O) groups is 1. The van der Waals surface area contributed by atoms with Crippen LogP contribution in [0, 0.1) is 0 Å². The maximum atomic E-state index is 12.4. The smallest absolute Gasteiger partial charge is 0.255 e. The van der Waals surface area contributed by atoms with Gasteiger partial charge in [-0.3, -0.25) is 4.79 Å². The third kappa shape index (κ3) is 4.64. The summed E-state index contributed by atoms with van der Waals surface area (Å²) in [4.78, 5) is 14.6. The van der Waals surface area contributed by atoms with Crippen LogP contribution in [0.2, 0.25) is 0 Å². The van der Waals surface area contributed by atoms with Crippen LogP contribution in [0.4, 0.5) is 0 Å². The molecule has 1 aliphatic rings. The molecule has 3 rings (SSSR count). The topological polar surface area (TPSA) is 71.0 Å². The van der Waals surface area contributed by atoms with Crippen LogP contribution in [-0.2, 0) is 5.60 Å². The van der Waals surface area contributed by atoms with Crippen LogP contribution in [0.5, 0.6) is 11.5 Å². The standard InChI is InChI=1S/C22H28N2O4/c1-27-18-7-5-6-17(16-18)22(26)10-13-24(14-11-22)15-12-23-21(25)19-8-3-4-9-20(19)28-2/h3-9,16,26H,10-15H2,1-2H3,(H,23,25). The lowest BCUT2D eigenvalue weighted by atomic mass is 9.84. The number of nitrogens with one attached hydrogen (secondary N) is 1. The zero-order valence-corrected chi connectivity index (χ0v) is 16.5. The lowest BCUT2D eigenvalue weighted by molar-refractivity contribution is -0.0256. The van der Waals surface area contributed by atoms with Gasteiger partial charge in [0.15, 0.2) is 0 Å². The van der Waals surface area contributed by atoms with Gasteiger partial charge in [-0.05, 0) is 42.7 Å². The van der Waals surface area contributed by atoms with E-state index in [2.05, 4.69) is 10.2 Å². The van der Waals surface area contributed by atoms with Crippen molar-refractivity contribution in [3.05, 3.63) is 59.7 Å². The van der Waals surface area contributed by atoms with Crippen molar-refractivity contribution in [1.29, 1.82) is 0 Å². The molecule has 2 aromatic rings. The molecule has 0 aromatic heterocycles. The number of nitrogens with zero attached hydrogens (tertiary/aromatic N) is 1. The number of ether oxygens (including phenoxy) is 2. The average molecular weight is 384 g/mol. The lowest BCUT2D eigenvalue weighted by Gasteiger charge is -2.38. The largest absolute Gasteiger partial charge is 0.497 e. The molecule has 1 heterocycles. The van der Waals surface area contributed by atoms with Crippen LogP contribution in [0.3, 0.4) is 0 Å². The average Bonchev–Trinajstić information content (AvgIpc) is 2.75. The number of likely N-dealkylation sites (tertiary alicyclic amines) is 1. The molecule has 0 atom stereocenters. The molecule has 1 aliphatic heterocycles. The molecule has 0 spiro atoms. The Hall–Kier alpha value is -2.57. The van der Waals surface area contributed by atoms with Gasteiger partial charge in [0.25, 0.3) is 5.91 Å². The van der Waals surface area contributed by atoms with Crippen LogP contribution >= 0.6 is 0 Å². The summed E-state index contributed by atoms with van der Waals surface area (Å²) in [5.41, 5.74) is 0.609. The number of rotatable bonds is 7. The lowest BCUT2D eigenvalue weighted by Crippen LogP contribution is -2.45. The van der Waals surface area contributed by atoms with Crippen molar-refractivity contribution < 1.29 is 19.4 Å². The first-order chi connectivity index (χ1) is 13.6. The fourth-order valence-electron chi connectivity index (χ4n) is 3.60. The molecule has 0 bridgehead atoms. The van der Waals surface area contributed by atoms with Crippen LogP contribution in [0.1, 0.15) is 28.8 Å². The highest BCUT2D eigenvalue weighted by molar-refractivity contribution is 5.96. The summed E-state index contributed by atoms with van der Waals surface area (Å²) in [5.74, 6) is 1.19. The van der Waals surface area contributed by atoms with E-state index in [4.69, 9.17) is 9.47 Å². The Balaban J connectivity index is 1.48. The number of aliphatic hydroxyl groups is 1. The van der Waals surface area contributed by atoms with Gasteiger partial charge in [-0.15, -0.1) is 0 Å². The van der Waals surface area contributed by atoms with Crippen molar-refractivity contribution in [2.45, 2.75) is 18.4 Å². The number of carbonyl (C=O) groups excluding carboxylic acids is 1. The van der Waals surface area contributed by atoms with Gasteiger partial charge in [0.2, 0.25) is 0 Å². The highest BCUT2D eigenvalue weighted by Gasteiger charge is 2.34. The normalized spacial score (nSPS) is 16.4. The van der Waals surface area contributed by atoms with Gasteiger partial charge in [0.1, 0.15) is 11.5 Å². The van der Waals surface area contributed by atoms with E-state index >= 15 is 0 Å². The molecule has 28 heavy (non-hydrogen) atoms. The summed E-state index contributed by atoms with van der Waals surface area (Å²) in [6.45, 7) is 2.85. The molecule has 1 amide bonds. The molecule has 1 fully saturated rings. The van der Waals surface area contributed by atoms with Gasteiger partial charge in [-0.25, -0.2) is 0 Å². The van der Waals surface area contributed by atoms with E-state index < -0.39 is 5.60 Å². The molecule has 0 saturated carbocycles. The Labute approximate surface area is 166 Å². The monoisotopic (exact) mass is 384 g/mol. The zero-order chi connectivity index (χ0) is 20.0. The minimum Gasteiger partial charge on any atom is -0.497 e. The number of piperidine rings is 1. The van der Waals surface area contributed by atoms with Crippen molar-refractivity contribution in [3.63, 3.8) is 0 Å². The van der Waals surface area contributed by atoms with Crippen LogP contribution < -0.4 is 14.8 Å². The van der Waals surface area contributed by atoms with Crippen molar-refractivity contribution >= 4 is 5.91 Å². The minimum atomic E-state index is -0.828. The molecular formula is C22H28N2O4. The van der Waals surface area contributed by atoms with Gasteiger partial charge >= 0.3 is 0 Å². The van der Waals surface area contributed by atoms with Crippen molar-refractivity contribution in [2.24, 2.45) is 0 Å². The summed E-state index contributed by atoms with van der Waals surface area (Å²) < 4.78 is 10.5. The van der Waals surface area contributed by atoms with Crippen LogP contribution in [0.25, 0.3) is 0 Å². The number of hydrogen-bond donors (Lipinski definition) is 2. The molecule has 0 radical (unpaired) electrons. The highest BCUT2D eigenvalue weighted by Crippen LogP contribution is 2.34. The number of para-hydroxylation sites is 1. The summed E-state index contributed by atoms with van der Waals surface area (Å²) in [6, 6.07) is 14.8. The quantitative estimate of drug-likeness (QED) is 0.767. The van der Waals surface area contributed by atoms with Crippen molar-refractivity contribution in [2.75, 3.05) is 40.4 Å². The Bertz CT molecular complexity index is 801. The van der Waals surface area contributed by atoms with Crippen LogP contribution in [-0.4, -0.2) is 56.3 Å². The first-order valence-electron chi connectivity index (χ1n) is 9.56. The second kappa shape index (κ2) is 9.08. The summed E-state index contributed by atoms with van der Waals surface area (Å²) in [6.07, 6.45) is 1.31. The first kappa shape index (κ1) is 20.2. The SMILES string of the molecule is COc1cccc(C2(O)CCN(CCNC(=O)c3ccccc3OC)CC2)c1. The maximum Gasteiger partial charge on any atom is 0.255 e. The predicted octanol–water partition coefficient (Wildman–Crippen LogP) is 2.42. The van der Waals surface area contributed by atoms with Gasteiger partial charge in [-0.2, -0.15) is 0 Å². The van der Waals surface area contributed by atoms with Gasteiger partial charge in [0, 0.05) is 26.2 Å². The van der Waals surface area contributed by atoms with Gasteiger partial charge in [0.05, 0.1) is 25.4 Å². The van der Waals surface area contributed by atoms with E-state index in [1.54, 1.807) is 26.4 Å². The van der Waals surface area contributed by atoms with Crippen molar-refractivity contribution in [1.82, 2.24) is 10.2 Å². The van der Waals surface area contributed by atoms with Crippen LogP contribution in [0.15, 0.2) is 48.5 Å². The summed E-state index contributed by atoms with van der Waals surface area (Å²) in [5, 5.41) is 14.0. The Morgan fingerprint density at radius 2 is 1.86 bits per heavy atom. The van der Waals surface area contributed by atoms with Gasteiger partial charge in [-0.1, -0.05) is 24.3 Å². The third-order valence-corrected chi connectivity index (χ3v) is 5.36. The number of methoxy groups -OCH3 is 2. The number of benzene rings is 2. The third-order valence-electron chi connectivity index (χ3n) is 5.36. The number of hydrogen-bond acceptors (Lipinski definition) is 5. The molecular weight excluding hydrogens is 356 g/mol. The van der Waals surface area contributed by atoms with E-state index in [-0.39, 0.29) is 5.91 Å². The van der Waals surface area contributed by atoms with E-state index in [0.29, 0.717) is 30.7 Å². The molecule has 1 saturated heterocycles. The maximum absolute atomic E-state index is 12.4. The molecule has 6 heteroatoms. The van der Waals surface area contributed by atoms with Gasteiger partial charge < -0.3 is 24.8 Å². The summed E-state index contributed by atoms with van der Waals surface area (Å²) >= 11 is 0. The molecule has 0 aliphatic carbocycles. The fourth-order valence-corrected chi connectivity index (χ4v) is 3.60. The Kier molecular flexibility index (Phi) is 6.54. The first-order valence-corrected chi connectivity index (χ1v) is 9.56. The Morgan fingerprint density at radius 1 is 1.11 bits per heavy atom. The molecule has 2 N–H and O–H groups in total. The van der Waals surface area contributed by atoms with Crippen molar-refractivity contribution in [3.8, 4) is 11.5 Å².